The number of hydrogen-bond acceptors (Lipinski definition) is 3. The topological polar surface area (TPSA) is 56.1 Å². The molecule has 1 fully saturated rings. The number of carbonyl (C=O) groups is 1. The third kappa shape index (κ3) is 4.83. The second-order valence-electron chi connectivity index (χ2n) is 5.64. The minimum Gasteiger partial charge on any atom is -0.341 e. The number of amides is 1. The molecule has 0 aliphatic heterocycles. The van der Waals surface area contributed by atoms with Crippen LogP contribution < -0.4 is 5.32 Å². The number of likely N-dealkylation sites (N-methyl/N-ethyl adjacent to an activating group) is 1. The van der Waals surface area contributed by atoms with Gasteiger partial charge in [0.2, 0.25) is 5.91 Å². The zero-order valence-corrected chi connectivity index (χ0v) is 12.5. The van der Waals surface area contributed by atoms with Gasteiger partial charge < -0.3 is 10.2 Å². The zero-order valence-electron chi connectivity index (χ0n) is 12.5. The summed E-state index contributed by atoms with van der Waals surface area (Å²) in [6.45, 7) is 8.16. The molecule has 1 N–H and O–H groups in total. The molecule has 0 aromatic carbocycles. The first kappa shape index (κ1) is 16.0. The molecule has 0 aromatic heterocycles. The molecule has 0 saturated heterocycles. The van der Waals surface area contributed by atoms with Crippen LogP contribution in [0, 0.1) is 23.2 Å². The van der Waals surface area contributed by atoms with Gasteiger partial charge in [-0.25, -0.2) is 0 Å². The summed E-state index contributed by atoms with van der Waals surface area (Å²) in [5.41, 5.74) is 0. The summed E-state index contributed by atoms with van der Waals surface area (Å²) in [7, 11) is 0. The summed E-state index contributed by atoms with van der Waals surface area (Å²) in [6.07, 6.45) is 4.14. The first-order valence-electron chi connectivity index (χ1n) is 7.48. The molecule has 1 saturated carbocycles. The average molecular weight is 265 g/mol. The van der Waals surface area contributed by atoms with Gasteiger partial charge in [0.05, 0.1) is 19.0 Å². The Morgan fingerprint density at radius 3 is 2.79 bits per heavy atom. The maximum Gasteiger partial charge on any atom is 0.236 e. The highest BCUT2D eigenvalue weighted by atomic mass is 16.2. The molecule has 4 heteroatoms. The van der Waals surface area contributed by atoms with Crippen molar-refractivity contribution in [3.8, 4) is 6.07 Å². The second kappa shape index (κ2) is 8.16. The van der Waals surface area contributed by atoms with E-state index >= 15 is 0 Å². The van der Waals surface area contributed by atoms with E-state index in [-0.39, 0.29) is 5.91 Å². The lowest BCUT2D eigenvalue weighted by Crippen LogP contribution is -2.46. The fraction of sp³-hybridized carbons (Fsp3) is 0.867. The number of nitrogens with one attached hydrogen (secondary N) is 1. The Kier molecular flexibility index (Phi) is 6.86. The Morgan fingerprint density at radius 1 is 1.42 bits per heavy atom. The van der Waals surface area contributed by atoms with E-state index in [0.717, 1.165) is 5.92 Å². The third-order valence-electron chi connectivity index (χ3n) is 4.45. The lowest BCUT2D eigenvalue weighted by molar-refractivity contribution is -0.130. The minimum atomic E-state index is 0.114. The summed E-state index contributed by atoms with van der Waals surface area (Å²) >= 11 is 0. The van der Waals surface area contributed by atoms with Crippen molar-refractivity contribution in [1.82, 2.24) is 10.2 Å². The molecular formula is C15H27N3O. The van der Waals surface area contributed by atoms with Crippen LogP contribution in [0.1, 0.15) is 46.5 Å². The molecule has 0 spiro atoms. The first-order chi connectivity index (χ1) is 9.10. The van der Waals surface area contributed by atoms with Gasteiger partial charge in [0.15, 0.2) is 0 Å². The molecule has 0 bridgehead atoms. The molecule has 1 rings (SSSR count). The largest absolute Gasteiger partial charge is 0.341 e. The van der Waals surface area contributed by atoms with E-state index in [4.69, 9.17) is 5.26 Å². The van der Waals surface area contributed by atoms with Crippen molar-refractivity contribution in [1.29, 1.82) is 5.26 Å². The van der Waals surface area contributed by atoms with Crippen LogP contribution in [0.2, 0.25) is 0 Å². The molecule has 1 aliphatic rings. The van der Waals surface area contributed by atoms with Crippen LogP contribution in [-0.4, -0.2) is 36.5 Å². The fourth-order valence-corrected chi connectivity index (χ4v) is 2.84. The molecule has 3 atom stereocenters. The number of rotatable bonds is 6. The lowest BCUT2D eigenvalue weighted by atomic mass is 9.78. The smallest absolute Gasteiger partial charge is 0.236 e. The predicted octanol–water partition coefficient (Wildman–Crippen LogP) is 2.16. The highest BCUT2D eigenvalue weighted by Crippen LogP contribution is 2.29. The van der Waals surface area contributed by atoms with Crippen molar-refractivity contribution in [2.24, 2.45) is 11.8 Å². The summed E-state index contributed by atoms with van der Waals surface area (Å²) in [4.78, 5) is 13.8. The molecule has 1 amide bonds. The van der Waals surface area contributed by atoms with Gasteiger partial charge in [0, 0.05) is 19.1 Å². The van der Waals surface area contributed by atoms with Crippen LogP contribution in [-0.2, 0) is 4.79 Å². The van der Waals surface area contributed by atoms with Crippen LogP contribution in [0.3, 0.4) is 0 Å². The van der Waals surface area contributed by atoms with Gasteiger partial charge in [-0.15, -0.1) is 0 Å². The number of nitrogens with zero attached hydrogens (tertiary/aromatic N) is 2. The zero-order chi connectivity index (χ0) is 14.3. The van der Waals surface area contributed by atoms with Gasteiger partial charge in [-0.3, -0.25) is 4.79 Å². The van der Waals surface area contributed by atoms with Gasteiger partial charge in [0.25, 0.3) is 0 Å². The van der Waals surface area contributed by atoms with Crippen molar-refractivity contribution < 1.29 is 4.79 Å². The number of nitriles is 1. The summed E-state index contributed by atoms with van der Waals surface area (Å²) in [5, 5.41) is 12.0. The normalized spacial score (nSPS) is 26.7. The molecule has 1 aliphatic carbocycles. The van der Waals surface area contributed by atoms with Gasteiger partial charge in [-0.05, 0) is 25.2 Å². The summed E-state index contributed by atoms with van der Waals surface area (Å²) in [6, 6.07) is 2.55. The van der Waals surface area contributed by atoms with E-state index in [2.05, 4.69) is 25.2 Å². The number of carbonyl (C=O) groups excluding carboxylic acids is 1. The maximum atomic E-state index is 12.1. The van der Waals surface area contributed by atoms with E-state index in [0.29, 0.717) is 38.0 Å². The molecule has 0 heterocycles. The van der Waals surface area contributed by atoms with Gasteiger partial charge in [0.1, 0.15) is 0 Å². The highest BCUT2D eigenvalue weighted by molar-refractivity contribution is 5.78. The molecule has 108 valence electrons. The van der Waals surface area contributed by atoms with Crippen LogP contribution in [0.25, 0.3) is 0 Å². The van der Waals surface area contributed by atoms with E-state index in [1.54, 1.807) is 4.90 Å². The fourth-order valence-electron chi connectivity index (χ4n) is 2.84. The molecule has 0 radical (unpaired) electrons. The van der Waals surface area contributed by atoms with Crippen LogP contribution in [0.4, 0.5) is 0 Å². The average Bonchev–Trinajstić information content (AvgIpc) is 2.41. The quantitative estimate of drug-likeness (QED) is 0.800. The molecule has 0 unspecified atom stereocenters. The molecular weight excluding hydrogens is 238 g/mol. The Bertz CT molecular complexity index is 324. The van der Waals surface area contributed by atoms with Crippen molar-refractivity contribution in [2.75, 3.05) is 19.6 Å². The summed E-state index contributed by atoms with van der Waals surface area (Å²) in [5.74, 6) is 1.49. The standard InChI is InChI=1S/C15H27N3O/c1-4-18(10-6-9-16)15(19)11-17-14-8-5-7-12(2)13(14)3/h12-14,17H,4-8,10-11H2,1-3H3/t12-,13-,14-/m1/s1. The molecule has 19 heavy (non-hydrogen) atoms. The third-order valence-corrected chi connectivity index (χ3v) is 4.45. The van der Waals surface area contributed by atoms with Crippen molar-refractivity contribution >= 4 is 5.91 Å². The van der Waals surface area contributed by atoms with E-state index in [1.165, 1.54) is 19.3 Å². The van der Waals surface area contributed by atoms with Crippen molar-refractivity contribution in [2.45, 2.75) is 52.5 Å². The Morgan fingerprint density at radius 2 is 2.16 bits per heavy atom. The van der Waals surface area contributed by atoms with Crippen LogP contribution in [0.15, 0.2) is 0 Å². The van der Waals surface area contributed by atoms with Gasteiger partial charge in [-0.2, -0.15) is 5.26 Å². The van der Waals surface area contributed by atoms with E-state index in [9.17, 15) is 4.79 Å². The second-order valence-corrected chi connectivity index (χ2v) is 5.64. The lowest BCUT2D eigenvalue weighted by Gasteiger charge is -2.35. The van der Waals surface area contributed by atoms with Crippen molar-refractivity contribution in [3.63, 3.8) is 0 Å². The van der Waals surface area contributed by atoms with E-state index < -0.39 is 0 Å². The minimum absolute atomic E-state index is 0.114. The Labute approximate surface area is 117 Å². The Balaban J connectivity index is 2.38. The van der Waals surface area contributed by atoms with Gasteiger partial charge >= 0.3 is 0 Å². The monoisotopic (exact) mass is 265 g/mol. The molecule has 0 aromatic rings. The SMILES string of the molecule is CCN(CCC#N)C(=O)CN[C@@H]1CCC[C@@H](C)[C@H]1C. The van der Waals surface area contributed by atoms with Crippen LogP contribution >= 0.6 is 0 Å². The van der Waals surface area contributed by atoms with Crippen LogP contribution in [0.5, 0.6) is 0 Å². The molecule has 4 nitrogen and oxygen atoms in total. The van der Waals surface area contributed by atoms with Gasteiger partial charge in [-0.1, -0.05) is 26.7 Å². The predicted molar refractivity (Wildman–Crippen MR) is 76.5 cm³/mol. The first-order valence-corrected chi connectivity index (χ1v) is 7.48. The number of hydrogen-bond donors (Lipinski definition) is 1. The highest BCUT2D eigenvalue weighted by Gasteiger charge is 2.27. The van der Waals surface area contributed by atoms with Crippen molar-refractivity contribution in [3.05, 3.63) is 0 Å². The Hall–Kier alpha value is -1.08. The van der Waals surface area contributed by atoms with E-state index in [1.807, 2.05) is 6.92 Å². The maximum absolute atomic E-state index is 12.1. The summed E-state index contributed by atoms with van der Waals surface area (Å²) < 4.78 is 0.